The van der Waals surface area contributed by atoms with Crippen molar-refractivity contribution in [3.8, 4) is 0 Å². The topological polar surface area (TPSA) is 0 Å². The van der Waals surface area contributed by atoms with E-state index in [2.05, 4.69) is 53.7 Å². The molecule has 0 atom stereocenters. The van der Waals surface area contributed by atoms with Gasteiger partial charge in [-0.15, -0.1) is 11.8 Å². The number of rotatable bonds is 1. The van der Waals surface area contributed by atoms with E-state index >= 15 is 0 Å². The van der Waals surface area contributed by atoms with Crippen LogP contribution in [0.1, 0.15) is 58.2 Å². The van der Waals surface area contributed by atoms with Crippen molar-refractivity contribution >= 4 is 11.8 Å². The molecular weight excluding hydrogens is 236 g/mol. The molecule has 0 nitrogen and oxygen atoms in total. The molecule has 0 N–H and O–H groups in total. The highest BCUT2D eigenvalue weighted by atomic mass is 32.2. The van der Waals surface area contributed by atoms with E-state index in [4.69, 9.17) is 0 Å². The number of aryl methyl sites for hydroxylation is 1. The molecule has 0 bridgehead atoms. The number of thioether (sulfide) groups is 1. The van der Waals surface area contributed by atoms with E-state index in [9.17, 15) is 0 Å². The molecule has 0 aromatic heterocycles. The summed E-state index contributed by atoms with van der Waals surface area (Å²) in [6.45, 7) is 14.0. The Morgan fingerprint density at radius 3 is 2.28 bits per heavy atom. The fourth-order valence-electron chi connectivity index (χ4n) is 2.65. The largest absolute Gasteiger partial charge is 0.125 e. The van der Waals surface area contributed by atoms with Crippen molar-refractivity contribution in [2.24, 2.45) is 5.41 Å². The van der Waals surface area contributed by atoms with Crippen molar-refractivity contribution in [3.63, 3.8) is 0 Å². The molecule has 0 unspecified atom stereocenters. The summed E-state index contributed by atoms with van der Waals surface area (Å²) in [5.41, 5.74) is 5.30. The zero-order valence-corrected chi connectivity index (χ0v) is 13.5. The quantitative estimate of drug-likeness (QED) is 0.668. The molecule has 0 saturated carbocycles. The molecule has 0 saturated heterocycles. The first-order chi connectivity index (χ1) is 8.17. The predicted octanol–water partition coefficient (Wildman–Crippen LogP) is 5.22. The van der Waals surface area contributed by atoms with Crippen LogP contribution in [0.5, 0.6) is 0 Å². The molecule has 1 heterocycles. The molecular formula is C17H26S. The van der Waals surface area contributed by atoms with Crippen molar-refractivity contribution in [2.75, 3.05) is 5.75 Å². The fraction of sp³-hybridized carbons (Fsp3) is 0.647. The highest BCUT2D eigenvalue weighted by Gasteiger charge is 2.25. The molecule has 18 heavy (non-hydrogen) atoms. The Hall–Kier alpha value is -0.430. The summed E-state index contributed by atoms with van der Waals surface area (Å²) in [7, 11) is 0. The Balaban J connectivity index is 2.46. The maximum atomic E-state index is 2.46. The summed E-state index contributed by atoms with van der Waals surface area (Å²) in [5.74, 6) is 1.26. The third-order valence-electron chi connectivity index (χ3n) is 3.39. The summed E-state index contributed by atoms with van der Waals surface area (Å²) in [4.78, 5) is 1.57. The highest BCUT2D eigenvalue weighted by Crippen LogP contribution is 2.41. The molecule has 2 rings (SSSR count). The average molecular weight is 262 g/mol. The van der Waals surface area contributed by atoms with E-state index in [1.165, 1.54) is 24.2 Å². The first-order valence-corrected chi connectivity index (χ1v) is 7.94. The Labute approximate surface area is 117 Å². The Kier molecular flexibility index (Phi) is 3.57. The van der Waals surface area contributed by atoms with Crippen molar-refractivity contribution in [3.05, 3.63) is 28.8 Å². The third kappa shape index (κ3) is 3.12. The van der Waals surface area contributed by atoms with Crippen LogP contribution in [0.4, 0.5) is 0 Å². The lowest BCUT2D eigenvalue weighted by molar-refractivity contribution is 0.410. The highest BCUT2D eigenvalue weighted by molar-refractivity contribution is 7.99. The van der Waals surface area contributed by atoms with Gasteiger partial charge in [-0.05, 0) is 40.4 Å². The average Bonchev–Trinajstić information content (AvgIpc) is 2.59. The van der Waals surface area contributed by atoms with Crippen LogP contribution in [-0.4, -0.2) is 5.75 Å². The van der Waals surface area contributed by atoms with Gasteiger partial charge in [0.1, 0.15) is 0 Å². The number of hydrogen-bond donors (Lipinski definition) is 0. The molecule has 1 aromatic rings. The van der Waals surface area contributed by atoms with Crippen molar-refractivity contribution < 1.29 is 0 Å². The molecule has 0 radical (unpaired) electrons. The second-order valence-corrected chi connectivity index (χ2v) is 8.82. The van der Waals surface area contributed by atoms with Crippen LogP contribution in [0.3, 0.4) is 0 Å². The summed E-state index contributed by atoms with van der Waals surface area (Å²) >= 11 is 2.05. The number of fused-ring (bicyclic) bond motifs is 1. The Morgan fingerprint density at radius 2 is 1.72 bits per heavy atom. The molecule has 1 aromatic carbocycles. The zero-order valence-electron chi connectivity index (χ0n) is 12.7. The molecule has 1 aliphatic rings. The normalized spacial score (nSPS) is 15.9. The van der Waals surface area contributed by atoms with E-state index in [-0.39, 0.29) is 5.41 Å². The number of benzene rings is 1. The molecule has 0 spiro atoms. The van der Waals surface area contributed by atoms with E-state index in [1.54, 1.807) is 16.0 Å². The van der Waals surface area contributed by atoms with Gasteiger partial charge < -0.3 is 0 Å². The molecule has 0 fully saturated rings. The summed E-state index contributed by atoms with van der Waals surface area (Å²) in [6, 6.07) is 4.91. The summed E-state index contributed by atoms with van der Waals surface area (Å²) in [5, 5.41) is 0. The van der Waals surface area contributed by atoms with E-state index in [0.717, 1.165) is 0 Å². The lowest BCUT2D eigenvalue weighted by Crippen LogP contribution is -2.15. The van der Waals surface area contributed by atoms with E-state index in [0.29, 0.717) is 5.41 Å². The van der Waals surface area contributed by atoms with Gasteiger partial charge in [0.25, 0.3) is 0 Å². The molecule has 100 valence electrons. The minimum absolute atomic E-state index is 0.259. The first kappa shape index (κ1) is 14.0. The standard InChI is InChI=1S/C17H26S/c1-16(2,3)11-12-9-13-7-8-18-15(13)14(10-12)17(4,5)6/h9-10H,7-8,11H2,1-6H3. The molecule has 0 aliphatic carbocycles. The van der Waals surface area contributed by atoms with Crippen LogP contribution in [-0.2, 0) is 18.3 Å². The monoisotopic (exact) mass is 262 g/mol. The minimum atomic E-state index is 0.259. The van der Waals surface area contributed by atoms with Crippen LogP contribution in [0.15, 0.2) is 17.0 Å². The van der Waals surface area contributed by atoms with Crippen LogP contribution in [0.2, 0.25) is 0 Å². The van der Waals surface area contributed by atoms with Gasteiger partial charge in [-0.1, -0.05) is 53.7 Å². The summed E-state index contributed by atoms with van der Waals surface area (Å²) < 4.78 is 0. The third-order valence-corrected chi connectivity index (χ3v) is 4.56. The maximum absolute atomic E-state index is 2.46. The summed E-state index contributed by atoms with van der Waals surface area (Å²) in [6.07, 6.45) is 2.43. The second kappa shape index (κ2) is 4.59. The molecule has 0 amide bonds. The van der Waals surface area contributed by atoms with Gasteiger partial charge in [0.15, 0.2) is 0 Å². The molecule has 1 heteroatoms. The van der Waals surface area contributed by atoms with E-state index < -0.39 is 0 Å². The van der Waals surface area contributed by atoms with Gasteiger partial charge in [-0.2, -0.15) is 0 Å². The van der Waals surface area contributed by atoms with Crippen molar-refractivity contribution in [1.82, 2.24) is 0 Å². The van der Waals surface area contributed by atoms with Gasteiger partial charge in [-0.25, -0.2) is 0 Å². The van der Waals surface area contributed by atoms with Gasteiger partial charge in [0.2, 0.25) is 0 Å². The predicted molar refractivity (Wildman–Crippen MR) is 82.7 cm³/mol. The van der Waals surface area contributed by atoms with Crippen molar-refractivity contribution in [2.45, 2.75) is 64.7 Å². The fourth-order valence-corrected chi connectivity index (χ4v) is 4.04. The van der Waals surface area contributed by atoms with Crippen LogP contribution in [0.25, 0.3) is 0 Å². The van der Waals surface area contributed by atoms with Crippen molar-refractivity contribution in [1.29, 1.82) is 0 Å². The smallest absolute Gasteiger partial charge is 0.0142 e. The lowest BCUT2D eigenvalue weighted by atomic mass is 9.81. The van der Waals surface area contributed by atoms with Crippen LogP contribution >= 0.6 is 11.8 Å². The zero-order chi connectivity index (χ0) is 13.6. The Morgan fingerprint density at radius 1 is 1.06 bits per heavy atom. The van der Waals surface area contributed by atoms with E-state index in [1.807, 2.05) is 11.8 Å². The minimum Gasteiger partial charge on any atom is -0.125 e. The van der Waals surface area contributed by atoms with Gasteiger partial charge in [-0.3, -0.25) is 0 Å². The maximum Gasteiger partial charge on any atom is 0.0142 e. The lowest BCUT2D eigenvalue weighted by Gasteiger charge is -2.25. The van der Waals surface area contributed by atoms with Crippen LogP contribution in [0, 0.1) is 5.41 Å². The second-order valence-electron chi connectivity index (χ2n) is 7.72. The number of hydrogen-bond acceptors (Lipinski definition) is 1. The first-order valence-electron chi connectivity index (χ1n) is 6.96. The Bertz CT molecular complexity index is 444. The van der Waals surface area contributed by atoms with Gasteiger partial charge in [0, 0.05) is 10.6 Å². The van der Waals surface area contributed by atoms with Gasteiger partial charge in [0.05, 0.1) is 0 Å². The van der Waals surface area contributed by atoms with Crippen LogP contribution < -0.4 is 0 Å². The SMILES string of the molecule is CC(C)(C)Cc1cc2c(c(C(C)(C)C)c1)SCC2. The van der Waals surface area contributed by atoms with Gasteiger partial charge >= 0.3 is 0 Å². The molecule has 1 aliphatic heterocycles.